The maximum absolute atomic E-state index is 12.0. The van der Waals surface area contributed by atoms with Crippen LogP contribution in [-0.4, -0.2) is 10.7 Å². The highest BCUT2D eigenvalue weighted by Gasteiger charge is 2.06. The van der Waals surface area contributed by atoms with Gasteiger partial charge in [0, 0.05) is 23.4 Å². The second-order valence-corrected chi connectivity index (χ2v) is 4.14. The largest absolute Gasteiger partial charge is 0.398 e. The number of nitro benzene ring substituents is 1. The summed E-state index contributed by atoms with van der Waals surface area (Å²) in [7, 11) is 0. The molecule has 0 atom stereocenters. The number of benzene rings is 2. The molecule has 0 heterocycles. The summed E-state index contributed by atoms with van der Waals surface area (Å²) >= 11 is 0. The number of non-ortho nitro benzene ring substituents is 1. The van der Waals surface area contributed by atoms with Crippen molar-refractivity contribution >= 4 is 23.2 Å². The summed E-state index contributed by atoms with van der Waals surface area (Å²) in [6.45, 7) is 0. The van der Waals surface area contributed by atoms with E-state index in [9.17, 15) is 14.9 Å². The lowest BCUT2D eigenvalue weighted by Gasteiger charge is -2.00. The lowest BCUT2D eigenvalue weighted by atomic mass is 10.1. The van der Waals surface area contributed by atoms with E-state index < -0.39 is 4.92 Å². The van der Waals surface area contributed by atoms with Crippen LogP contribution in [0.3, 0.4) is 0 Å². The van der Waals surface area contributed by atoms with Gasteiger partial charge in [0.05, 0.1) is 4.92 Å². The predicted molar refractivity (Wildman–Crippen MR) is 84.0 cm³/mol. The summed E-state index contributed by atoms with van der Waals surface area (Å²) < 4.78 is 0. The SMILES string of the molecule is C.Nc1ccccc1C(=O)/C=C/c1cccc([N+](=O)[O-])c1. The molecule has 0 unspecified atom stereocenters. The third-order valence-electron chi connectivity index (χ3n) is 2.73. The van der Waals surface area contributed by atoms with Crippen LogP contribution in [0.4, 0.5) is 11.4 Å². The van der Waals surface area contributed by atoms with Crippen molar-refractivity contribution < 1.29 is 9.72 Å². The number of ketones is 1. The maximum atomic E-state index is 12.0. The van der Waals surface area contributed by atoms with Crippen LogP contribution in [-0.2, 0) is 0 Å². The Labute approximate surface area is 122 Å². The molecule has 5 nitrogen and oxygen atoms in total. The molecule has 108 valence electrons. The van der Waals surface area contributed by atoms with Gasteiger partial charge in [-0.15, -0.1) is 0 Å². The van der Waals surface area contributed by atoms with Gasteiger partial charge in [-0.2, -0.15) is 0 Å². The molecule has 0 radical (unpaired) electrons. The van der Waals surface area contributed by atoms with Crippen molar-refractivity contribution in [1.82, 2.24) is 0 Å². The predicted octanol–water partition coefficient (Wildman–Crippen LogP) is 3.71. The molecule has 0 bridgehead atoms. The molecule has 0 aliphatic carbocycles. The topological polar surface area (TPSA) is 86.2 Å². The van der Waals surface area contributed by atoms with Gasteiger partial charge in [-0.3, -0.25) is 14.9 Å². The minimum atomic E-state index is -0.478. The molecule has 0 spiro atoms. The van der Waals surface area contributed by atoms with Gasteiger partial charge in [0.15, 0.2) is 5.78 Å². The van der Waals surface area contributed by atoms with Crippen LogP contribution in [0.25, 0.3) is 6.08 Å². The van der Waals surface area contributed by atoms with Gasteiger partial charge in [0.1, 0.15) is 0 Å². The number of allylic oxidation sites excluding steroid dienone is 1. The molecule has 0 amide bonds. The van der Waals surface area contributed by atoms with Crippen molar-refractivity contribution in [2.45, 2.75) is 7.43 Å². The Balaban J connectivity index is 0.00000220. The number of para-hydroxylation sites is 1. The summed E-state index contributed by atoms with van der Waals surface area (Å²) in [5, 5.41) is 10.7. The number of hydrogen-bond acceptors (Lipinski definition) is 4. The second-order valence-electron chi connectivity index (χ2n) is 4.14. The first-order valence-electron chi connectivity index (χ1n) is 5.89. The summed E-state index contributed by atoms with van der Waals surface area (Å²) in [5.74, 6) is -0.241. The Hall–Kier alpha value is -2.95. The lowest BCUT2D eigenvalue weighted by Crippen LogP contribution is -1.99. The van der Waals surface area contributed by atoms with Crippen LogP contribution < -0.4 is 5.73 Å². The van der Waals surface area contributed by atoms with Crippen LogP contribution >= 0.6 is 0 Å². The average molecular weight is 284 g/mol. The van der Waals surface area contributed by atoms with Gasteiger partial charge >= 0.3 is 0 Å². The van der Waals surface area contributed by atoms with E-state index in [0.29, 0.717) is 16.8 Å². The number of nitrogens with two attached hydrogens (primary N) is 1. The number of nitrogens with zero attached hydrogens (tertiary/aromatic N) is 1. The first kappa shape index (κ1) is 16.1. The number of rotatable bonds is 4. The molecular formula is C16H16N2O3. The molecule has 0 aliphatic heterocycles. The average Bonchev–Trinajstić information content (AvgIpc) is 2.45. The highest BCUT2D eigenvalue weighted by molar-refractivity contribution is 6.10. The Kier molecular flexibility index (Phi) is 5.37. The molecule has 0 fully saturated rings. The summed E-state index contributed by atoms with van der Waals surface area (Å²) in [6, 6.07) is 12.8. The quantitative estimate of drug-likeness (QED) is 0.305. The van der Waals surface area contributed by atoms with E-state index in [1.54, 1.807) is 36.4 Å². The Morgan fingerprint density at radius 2 is 1.86 bits per heavy atom. The first-order chi connectivity index (χ1) is 9.58. The maximum Gasteiger partial charge on any atom is 0.270 e. The smallest absolute Gasteiger partial charge is 0.270 e. The minimum Gasteiger partial charge on any atom is -0.398 e. The molecule has 2 aromatic rings. The Morgan fingerprint density at radius 3 is 2.52 bits per heavy atom. The Morgan fingerprint density at radius 1 is 1.14 bits per heavy atom. The molecule has 5 heteroatoms. The normalized spacial score (nSPS) is 10.1. The van der Waals surface area contributed by atoms with Crippen LogP contribution in [0, 0.1) is 10.1 Å². The fraction of sp³-hybridized carbons (Fsp3) is 0.0625. The van der Waals surface area contributed by atoms with Crippen molar-refractivity contribution in [2.24, 2.45) is 0 Å². The van der Waals surface area contributed by atoms with Crippen molar-refractivity contribution in [3.8, 4) is 0 Å². The van der Waals surface area contributed by atoms with Gasteiger partial charge in [-0.05, 0) is 23.8 Å². The fourth-order valence-corrected chi connectivity index (χ4v) is 1.73. The summed E-state index contributed by atoms with van der Waals surface area (Å²) in [6.07, 6.45) is 2.88. The van der Waals surface area contributed by atoms with Gasteiger partial charge in [-0.1, -0.05) is 37.8 Å². The molecule has 0 aromatic heterocycles. The number of carbonyl (C=O) groups excluding carboxylic acids is 1. The molecule has 0 aliphatic rings. The zero-order valence-corrected chi connectivity index (χ0v) is 10.5. The van der Waals surface area contributed by atoms with Gasteiger partial charge < -0.3 is 5.73 Å². The van der Waals surface area contributed by atoms with Crippen LogP contribution in [0.5, 0.6) is 0 Å². The van der Waals surface area contributed by atoms with E-state index in [1.807, 2.05) is 0 Å². The van der Waals surface area contributed by atoms with Gasteiger partial charge in [-0.25, -0.2) is 0 Å². The fourth-order valence-electron chi connectivity index (χ4n) is 1.73. The van der Waals surface area contributed by atoms with Crippen LogP contribution in [0.2, 0.25) is 0 Å². The van der Waals surface area contributed by atoms with Crippen molar-refractivity contribution in [1.29, 1.82) is 0 Å². The number of nitro groups is 1. The Bertz CT molecular complexity index is 693. The first-order valence-corrected chi connectivity index (χ1v) is 5.89. The van der Waals surface area contributed by atoms with E-state index in [-0.39, 0.29) is 18.9 Å². The number of carbonyl (C=O) groups is 1. The molecule has 0 saturated carbocycles. The van der Waals surface area contributed by atoms with Crippen LogP contribution in [0.15, 0.2) is 54.6 Å². The number of hydrogen-bond donors (Lipinski definition) is 1. The molecular weight excluding hydrogens is 268 g/mol. The zero-order valence-electron chi connectivity index (χ0n) is 10.5. The van der Waals surface area contributed by atoms with E-state index in [2.05, 4.69) is 0 Å². The third kappa shape index (κ3) is 4.01. The standard InChI is InChI=1S/C15H12N2O3.CH4/c16-14-7-2-1-6-13(14)15(18)9-8-11-4-3-5-12(10-11)17(19)20;/h1-10H,16H2;1H4/b9-8+;. The molecule has 0 saturated heterocycles. The lowest BCUT2D eigenvalue weighted by molar-refractivity contribution is -0.384. The van der Waals surface area contributed by atoms with Gasteiger partial charge in [0.2, 0.25) is 0 Å². The van der Waals surface area contributed by atoms with Crippen LogP contribution in [0.1, 0.15) is 23.3 Å². The van der Waals surface area contributed by atoms with Crippen molar-refractivity contribution in [3.63, 3.8) is 0 Å². The second kappa shape index (κ2) is 7.00. The van der Waals surface area contributed by atoms with Gasteiger partial charge in [0.25, 0.3) is 5.69 Å². The monoisotopic (exact) mass is 284 g/mol. The highest BCUT2D eigenvalue weighted by Crippen LogP contribution is 2.16. The van der Waals surface area contributed by atoms with Crippen molar-refractivity contribution in [2.75, 3.05) is 5.73 Å². The summed E-state index contributed by atoms with van der Waals surface area (Å²) in [4.78, 5) is 22.1. The van der Waals surface area contributed by atoms with E-state index in [0.717, 1.165) is 0 Å². The van der Waals surface area contributed by atoms with Crippen molar-refractivity contribution in [3.05, 3.63) is 75.8 Å². The third-order valence-corrected chi connectivity index (χ3v) is 2.73. The summed E-state index contributed by atoms with van der Waals surface area (Å²) in [5.41, 5.74) is 7.10. The zero-order chi connectivity index (χ0) is 14.5. The number of anilines is 1. The minimum absolute atomic E-state index is 0. The van der Waals surface area contributed by atoms with E-state index in [4.69, 9.17) is 5.73 Å². The number of nitrogen functional groups attached to an aromatic ring is 1. The highest BCUT2D eigenvalue weighted by atomic mass is 16.6. The molecule has 2 aromatic carbocycles. The molecule has 2 N–H and O–H groups in total. The van der Waals surface area contributed by atoms with E-state index in [1.165, 1.54) is 24.3 Å². The van der Waals surface area contributed by atoms with E-state index >= 15 is 0 Å². The molecule has 2 rings (SSSR count). The molecule has 21 heavy (non-hydrogen) atoms.